The number of carbonyl (C=O) groups excluding carboxylic acids is 1. The zero-order chi connectivity index (χ0) is 19.4. The van der Waals surface area contributed by atoms with E-state index in [2.05, 4.69) is 5.10 Å². The molecule has 0 bridgehead atoms. The molecular formula is C19H17N3O4S. The molecule has 2 aromatic heterocycles. The highest BCUT2D eigenvalue weighted by molar-refractivity contribution is 7.14. The standard InChI is InChI=1S/C19H17N3O4S/c1-13-3-8-19(27-13)17(23)6-4-14-5-7-18(26-2)15(9-14)11-21-12-16(10-20-21)22(24)25/h3-10,12H,11H2,1-2H3/b6-4+. The van der Waals surface area contributed by atoms with Gasteiger partial charge < -0.3 is 4.74 Å². The van der Waals surface area contributed by atoms with Crippen LogP contribution in [0.2, 0.25) is 0 Å². The Morgan fingerprint density at radius 1 is 1.37 bits per heavy atom. The second kappa shape index (κ2) is 7.96. The van der Waals surface area contributed by atoms with Crippen molar-refractivity contribution in [3.63, 3.8) is 0 Å². The Morgan fingerprint density at radius 2 is 2.19 bits per heavy atom. The molecule has 0 unspecified atom stereocenters. The monoisotopic (exact) mass is 383 g/mol. The number of ether oxygens (including phenoxy) is 1. The maximum atomic E-state index is 12.2. The number of ketones is 1. The fraction of sp³-hybridized carbons (Fsp3) is 0.158. The highest BCUT2D eigenvalue weighted by Crippen LogP contribution is 2.23. The van der Waals surface area contributed by atoms with Gasteiger partial charge in [-0.05, 0) is 42.8 Å². The Bertz CT molecular complexity index is 1020. The molecule has 8 heteroatoms. The summed E-state index contributed by atoms with van der Waals surface area (Å²) in [6, 6.07) is 9.25. The summed E-state index contributed by atoms with van der Waals surface area (Å²) in [5, 5.41) is 14.8. The number of aromatic nitrogens is 2. The summed E-state index contributed by atoms with van der Waals surface area (Å²) < 4.78 is 6.84. The summed E-state index contributed by atoms with van der Waals surface area (Å²) >= 11 is 1.46. The number of nitro groups is 1. The Labute approximate surface area is 159 Å². The van der Waals surface area contributed by atoms with E-state index in [0.717, 1.165) is 16.0 Å². The van der Waals surface area contributed by atoms with Crippen LogP contribution in [0.4, 0.5) is 5.69 Å². The fourth-order valence-electron chi connectivity index (χ4n) is 2.55. The Kier molecular flexibility index (Phi) is 5.46. The van der Waals surface area contributed by atoms with Crippen LogP contribution in [0.15, 0.2) is 48.8 Å². The molecular weight excluding hydrogens is 366 g/mol. The number of hydrogen-bond donors (Lipinski definition) is 0. The van der Waals surface area contributed by atoms with Crippen LogP contribution in [-0.4, -0.2) is 27.6 Å². The first-order chi connectivity index (χ1) is 13.0. The molecule has 0 atom stereocenters. The van der Waals surface area contributed by atoms with Gasteiger partial charge in [0, 0.05) is 10.4 Å². The minimum absolute atomic E-state index is 0.0480. The lowest BCUT2D eigenvalue weighted by molar-refractivity contribution is -0.385. The van der Waals surface area contributed by atoms with Crippen molar-refractivity contribution in [2.24, 2.45) is 0 Å². The van der Waals surface area contributed by atoms with Crippen LogP contribution in [-0.2, 0) is 6.54 Å². The van der Waals surface area contributed by atoms with Crippen LogP contribution in [0, 0.1) is 17.0 Å². The van der Waals surface area contributed by atoms with Gasteiger partial charge in [0.05, 0.1) is 23.5 Å². The molecule has 138 valence electrons. The van der Waals surface area contributed by atoms with Gasteiger partial charge in [-0.25, -0.2) is 0 Å². The van der Waals surface area contributed by atoms with E-state index in [1.807, 2.05) is 31.2 Å². The third kappa shape index (κ3) is 4.48. The number of aryl methyl sites for hydroxylation is 1. The first kappa shape index (κ1) is 18.5. The highest BCUT2D eigenvalue weighted by Gasteiger charge is 2.11. The zero-order valence-electron chi connectivity index (χ0n) is 14.8. The first-order valence-corrected chi connectivity index (χ1v) is 8.90. The van der Waals surface area contributed by atoms with Crippen LogP contribution in [0.1, 0.15) is 25.7 Å². The molecule has 0 aliphatic heterocycles. The molecule has 0 radical (unpaired) electrons. The van der Waals surface area contributed by atoms with Crippen LogP contribution in [0.3, 0.4) is 0 Å². The molecule has 0 aliphatic carbocycles. The van der Waals surface area contributed by atoms with Gasteiger partial charge in [0.2, 0.25) is 0 Å². The summed E-state index contributed by atoms with van der Waals surface area (Å²) in [4.78, 5) is 24.3. The molecule has 0 saturated carbocycles. The van der Waals surface area contributed by atoms with Crippen molar-refractivity contribution in [2.45, 2.75) is 13.5 Å². The van der Waals surface area contributed by atoms with Gasteiger partial charge in [-0.15, -0.1) is 11.3 Å². The van der Waals surface area contributed by atoms with E-state index in [1.165, 1.54) is 34.5 Å². The van der Waals surface area contributed by atoms with Crippen molar-refractivity contribution in [3.05, 3.63) is 79.8 Å². The molecule has 1 aromatic carbocycles. The van der Waals surface area contributed by atoms with Crippen LogP contribution in [0.5, 0.6) is 5.75 Å². The maximum absolute atomic E-state index is 12.2. The summed E-state index contributed by atoms with van der Waals surface area (Å²) in [7, 11) is 1.56. The van der Waals surface area contributed by atoms with Gasteiger partial charge in [-0.2, -0.15) is 5.10 Å². The predicted octanol–water partition coefficient (Wildman–Crippen LogP) is 4.11. The average molecular weight is 383 g/mol. The van der Waals surface area contributed by atoms with E-state index in [-0.39, 0.29) is 11.5 Å². The van der Waals surface area contributed by atoms with Crippen LogP contribution >= 0.6 is 11.3 Å². The smallest absolute Gasteiger partial charge is 0.307 e. The Balaban J connectivity index is 1.81. The topological polar surface area (TPSA) is 87.3 Å². The maximum Gasteiger partial charge on any atom is 0.307 e. The summed E-state index contributed by atoms with van der Waals surface area (Å²) in [6.07, 6.45) is 5.85. The second-order valence-electron chi connectivity index (χ2n) is 5.83. The largest absolute Gasteiger partial charge is 0.496 e. The third-order valence-corrected chi connectivity index (χ3v) is 4.89. The Hall–Kier alpha value is -3.26. The lowest BCUT2D eigenvalue weighted by Crippen LogP contribution is -2.02. The van der Waals surface area contributed by atoms with Crippen molar-refractivity contribution in [2.75, 3.05) is 7.11 Å². The predicted molar refractivity (Wildman–Crippen MR) is 103 cm³/mol. The average Bonchev–Trinajstić information content (AvgIpc) is 3.29. The minimum atomic E-state index is -0.488. The van der Waals surface area contributed by atoms with E-state index in [4.69, 9.17) is 4.74 Å². The normalized spacial score (nSPS) is 11.0. The highest BCUT2D eigenvalue weighted by atomic mass is 32.1. The quantitative estimate of drug-likeness (QED) is 0.265. The Morgan fingerprint density at radius 3 is 2.81 bits per heavy atom. The zero-order valence-corrected chi connectivity index (χ0v) is 15.6. The molecule has 0 spiro atoms. The van der Waals surface area contributed by atoms with Gasteiger partial charge in [0.15, 0.2) is 5.78 Å². The number of methoxy groups -OCH3 is 1. The number of nitrogens with zero attached hydrogens (tertiary/aromatic N) is 3. The molecule has 0 saturated heterocycles. The van der Waals surface area contributed by atoms with E-state index < -0.39 is 4.92 Å². The SMILES string of the molecule is COc1ccc(/C=C/C(=O)c2ccc(C)s2)cc1Cn1cc([N+](=O)[O-])cn1. The minimum Gasteiger partial charge on any atom is -0.496 e. The molecule has 2 heterocycles. The van der Waals surface area contributed by atoms with Crippen molar-refractivity contribution in [3.8, 4) is 5.75 Å². The third-order valence-electron chi connectivity index (χ3n) is 3.88. The van der Waals surface area contributed by atoms with Gasteiger partial charge >= 0.3 is 5.69 Å². The van der Waals surface area contributed by atoms with E-state index >= 15 is 0 Å². The van der Waals surface area contributed by atoms with Crippen molar-refractivity contribution in [1.82, 2.24) is 9.78 Å². The van der Waals surface area contributed by atoms with Crippen LogP contribution in [0.25, 0.3) is 6.08 Å². The molecule has 0 amide bonds. The van der Waals surface area contributed by atoms with Crippen molar-refractivity contribution >= 4 is 28.9 Å². The van der Waals surface area contributed by atoms with E-state index in [9.17, 15) is 14.9 Å². The fourth-order valence-corrected chi connectivity index (χ4v) is 3.34. The van der Waals surface area contributed by atoms with E-state index in [0.29, 0.717) is 17.2 Å². The van der Waals surface area contributed by atoms with Crippen molar-refractivity contribution in [1.29, 1.82) is 0 Å². The number of rotatable bonds is 7. The number of thiophene rings is 1. The number of hydrogen-bond acceptors (Lipinski definition) is 6. The second-order valence-corrected chi connectivity index (χ2v) is 7.12. The molecule has 7 nitrogen and oxygen atoms in total. The van der Waals surface area contributed by atoms with Crippen molar-refractivity contribution < 1.29 is 14.5 Å². The first-order valence-electron chi connectivity index (χ1n) is 8.09. The lowest BCUT2D eigenvalue weighted by Gasteiger charge is -2.09. The van der Waals surface area contributed by atoms with E-state index in [1.54, 1.807) is 19.3 Å². The number of benzene rings is 1. The van der Waals surface area contributed by atoms with Gasteiger partial charge in [-0.3, -0.25) is 19.6 Å². The number of carbonyl (C=O) groups is 1. The summed E-state index contributed by atoms with van der Waals surface area (Å²) in [5.41, 5.74) is 1.56. The molecule has 3 rings (SSSR count). The van der Waals surface area contributed by atoms with Gasteiger partial charge in [0.1, 0.15) is 18.1 Å². The summed E-state index contributed by atoms with van der Waals surface area (Å²) in [6.45, 7) is 2.28. The molecule has 0 aliphatic rings. The van der Waals surface area contributed by atoms with Gasteiger partial charge in [0.25, 0.3) is 0 Å². The number of allylic oxidation sites excluding steroid dienone is 1. The van der Waals surface area contributed by atoms with Gasteiger partial charge in [-0.1, -0.05) is 12.1 Å². The molecule has 3 aromatic rings. The molecule has 27 heavy (non-hydrogen) atoms. The van der Waals surface area contributed by atoms with Crippen LogP contribution < -0.4 is 4.74 Å². The summed E-state index contributed by atoms with van der Waals surface area (Å²) in [5.74, 6) is 0.596. The lowest BCUT2D eigenvalue weighted by atomic mass is 10.1. The molecule has 0 N–H and O–H groups in total. The molecule has 0 fully saturated rings.